The Bertz CT molecular complexity index is 918. The highest BCUT2D eigenvalue weighted by Crippen LogP contribution is 2.20. The summed E-state index contributed by atoms with van der Waals surface area (Å²) in [5.41, 5.74) is 7.21. The molecule has 2 heterocycles. The Morgan fingerprint density at radius 1 is 1.25 bits per heavy atom. The molecule has 0 saturated heterocycles. The highest BCUT2D eigenvalue weighted by molar-refractivity contribution is 5.91. The van der Waals surface area contributed by atoms with Crippen molar-refractivity contribution in [1.29, 1.82) is 0 Å². The van der Waals surface area contributed by atoms with Gasteiger partial charge in [0.2, 0.25) is 6.10 Å². The number of rotatable bonds is 4. The summed E-state index contributed by atoms with van der Waals surface area (Å²) < 4.78 is 19.8. The molecule has 1 atom stereocenters. The van der Waals surface area contributed by atoms with Crippen molar-refractivity contribution in [2.75, 3.05) is 0 Å². The number of halogens is 1. The van der Waals surface area contributed by atoms with Gasteiger partial charge in [0.15, 0.2) is 5.69 Å². The zero-order valence-electron chi connectivity index (χ0n) is 12.8. The summed E-state index contributed by atoms with van der Waals surface area (Å²) >= 11 is 0. The molecule has 2 aromatic heterocycles. The molecule has 0 fully saturated rings. The molecule has 0 bridgehead atoms. The number of ether oxygens (including phenoxy) is 1. The maximum absolute atomic E-state index is 13.0. The normalized spacial score (nSPS) is 12.1. The minimum Gasteiger partial charge on any atom is -0.443 e. The first-order valence-electron chi connectivity index (χ1n) is 7.15. The predicted octanol–water partition coefficient (Wildman–Crippen LogP) is 2.17. The molecule has 6 nitrogen and oxygen atoms in total. The molecule has 0 radical (unpaired) electrons. The third-order valence-electron chi connectivity index (χ3n) is 3.48. The van der Waals surface area contributed by atoms with Gasteiger partial charge in [0.05, 0.1) is 0 Å². The molecule has 0 aliphatic rings. The largest absolute Gasteiger partial charge is 0.443 e. The number of hydrogen-bond donors (Lipinski definition) is 1. The van der Waals surface area contributed by atoms with Crippen LogP contribution in [-0.2, 0) is 9.53 Å². The summed E-state index contributed by atoms with van der Waals surface area (Å²) in [6.07, 6.45) is 1.95. The molecule has 0 aliphatic carbocycles. The second-order valence-electron chi connectivity index (χ2n) is 5.33. The Hall–Kier alpha value is -3.22. The van der Waals surface area contributed by atoms with Crippen molar-refractivity contribution in [3.05, 3.63) is 71.4 Å². The smallest absolute Gasteiger partial charge is 0.359 e. The van der Waals surface area contributed by atoms with E-state index in [1.165, 1.54) is 18.3 Å². The van der Waals surface area contributed by atoms with E-state index in [1.807, 2.05) is 19.1 Å². The van der Waals surface area contributed by atoms with E-state index in [4.69, 9.17) is 10.5 Å². The van der Waals surface area contributed by atoms with Crippen LogP contribution in [0.3, 0.4) is 0 Å². The number of hydrogen-bond acceptors (Lipinski definition) is 4. The van der Waals surface area contributed by atoms with Crippen molar-refractivity contribution < 1.29 is 18.7 Å². The highest BCUT2D eigenvalue weighted by Gasteiger charge is 2.24. The van der Waals surface area contributed by atoms with E-state index >= 15 is 0 Å². The molecule has 2 N–H and O–H groups in total. The molecule has 1 aromatic carbocycles. The number of aromatic nitrogens is 2. The minimum atomic E-state index is -1.32. The SMILES string of the molecule is Cc1ccn2cc(C(=O)O[C@H](C(N)=O)c3ccc(F)cc3)nc2c1. The summed E-state index contributed by atoms with van der Waals surface area (Å²) in [4.78, 5) is 28.0. The predicted molar refractivity (Wildman–Crippen MR) is 83.7 cm³/mol. The van der Waals surface area contributed by atoms with Gasteiger partial charge in [-0.1, -0.05) is 12.1 Å². The lowest BCUT2D eigenvalue weighted by atomic mass is 10.1. The van der Waals surface area contributed by atoms with Crippen LogP contribution >= 0.6 is 0 Å². The van der Waals surface area contributed by atoms with Gasteiger partial charge in [-0.3, -0.25) is 4.79 Å². The molecule has 1 amide bonds. The van der Waals surface area contributed by atoms with Crippen LogP contribution in [0.25, 0.3) is 5.65 Å². The van der Waals surface area contributed by atoms with E-state index in [1.54, 1.807) is 10.6 Å². The molecule has 24 heavy (non-hydrogen) atoms. The van der Waals surface area contributed by atoms with Crippen LogP contribution < -0.4 is 5.73 Å². The Labute approximate surface area is 136 Å². The first kappa shape index (κ1) is 15.7. The lowest BCUT2D eigenvalue weighted by molar-refractivity contribution is -0.127. The van der Waals surface area contributed by atoms with Gasteiger partial charge < -0.3 is 14.9 Å². The fraction of sp³-hybridized carbons (Fsp3) is 0.118. The van der Waals surface area contributed by atoms with E-state index < -0.39 is 23.8 Å². The Kier molecular flexibility index (Phi) is 3.99. The maximum atomic E-state index is 13.0. The number of fused-ring (bicyclic) bond motifs is 1. The number of pyridine rings is 1. The van der Waals surface area contributed by atoms with Crippen molar-refractivity contribution in [1.82, 2.24) is 9.38 Å². The van der Waals surface area contributed by atoms with Crippen LogP contribution in [0.2, 0.25) is 0 Å². The van der Waals surface area contributed by atoms with Gasteiger partial charge in [0.25, 0.3) is 5.91 Å². The number of aryl methyl sites for hydroxylation is 1. The van der Waals surface area contributed by atoms with E-state index in [-0.39, 0.29) is 11.3 Å². The Balaban J connectivity index is 1.87. The second-order valence-corrected chi connectivity index (χ2v) is 5.33. The van der Waals surface area contributed by atoms with Gasteiger partial charge in [-0.05, 0) is 36.8 Å². The molecule has 3 rings (SSSR count). The molecule has 0 spiro atoms. The summed E-state index contributed by atoms with van der Waals surface area (Å²) in [5, 5.41) is 0. The van der Waals surface area contributed by atoms with Gasteiger partial charge >= 0.3 is 5.97 Å². The second kappa shape index (κ2) is 6.11. The number of nitrogens with zero attached hydrogens (tertiary/aromatic N) is 2. The van der Waals surface area contributed by atoms with Gasteiger partial charge in [-0.15, -0.1) is 0 Å². The fourth-order valence-corrected chi connectivity index (χ4v) is 2.28. The lowest BCUT2D eigenvalue weighted by Gasteiger charge is -2.14. The zero-order valence-corrected chi connectivity index (χ0v) is 12.8. The lowest BCUT2D eigenvalue weighted by Crippen LogP contribution is -2.26. The van der Waals surface area contributed by atoms with Gasteiger partial charge in [0, 0.05) is 18.0 Å². The van der Waals surface area contributed by atoms with Crippen LogP contribution in [0, 0.1) is 12.7 Å². The molecule has 0 saturated carbocycles. The van der Waals surface area contributed by atoms with Crippen LogP contribution in [0.5, 0.6) is 0 Å². The van der Waals surface area contributed by atoms with Crippen molar-refractivity contribution in [2.45, 2.75) is 13.0 Å². The van der Waals surface area contributed by atoms with Crippen molar-refractivity contribution in [3.63, 3.8) is 0 Å². The van der Waals surface area contributed by atoms with Crippen LogP contribution in [0.4, 0.5) is 4.39 Å². The highest BCUT2D eigenvalue weighted by atomic mass is 19.1. The van der Waals surface area contributed by atoms with E-state index in [0.717, 1.165) is 17.7 Å². The topological polar surface area (TPSA) is 86.7 Å². The van der Waals surface area contributed by atoms with Crippen molar-refractivity contribution in [2.24, 2.45) is 5.73 Å². The standard InChI is InChI=1S/C17H14FN3O3/c1-10-6-7-21-9-13(20-14(21)8-10)17(23)24-15(16(19)22)11-2-4-12(18)5-3-11/h2-9,15H,1H3,(H2,19,22)/t15-/m0/s1. The summed E-state index contributed by atoms with van der Waals surface area (Å²) in [7, 11) is 0. The Morgan fingerprint density at radius 2 is 1.96 bits per heavy atom. The average Bonchev–Trinajstić information content (AvgIpc) is 2.96. The van der Waals surface area contributed by atoms with Crippen LogP contribution in [-0.4, -0.2) is 21.3 Å². The molecule has 7 heteroatoms. The number of carbonyl (C=O) groups excluding carboxylic acids is 2. The first-order valence-corrected chi connectivity index (χ1v) is 7.15. The number of esters is 1. The van der Waals surface area contributed by atoms with Crippen molar-refractivity contribution >= 4 is 17.5 Å². The van der Waals surface area contributed by atoms with Gasteiger partial charge in [-0.2, -0.15) is 0 Å². The number of benzene rings is 1. The quantitative estimate of drug-likeness (QED) is 0.744. The summed E-state index contributed by atoms with van der Waals surface area (Å²) in [5.74, 6) is -2.11. The number of carbonyl (C=O) groups is 2. The number of imidazole rings is 1. The third kappa shape index (κ3) is 3.10. The first-order chi connectivity index (χ1) is 11.4. The van der Waals surface area contributed by atoms with Crippen LogP contribution in [0.15, 0.2) is 48.8 Å². The number of amides is 1. The molecule has 0 aliphatic heterocycles. The molecule has 122 valence electrons. The average molecular weight is 327 g/mol. The van der Waals surface area contributed by atoms with E-state index in [0.29, 0.717) is 5.65 Å². The van der Waals surface area contributed by atoms with Gasteiger partial charge in [-0.25, -0.2) is 14.2 Å². The Morgan fingerprint density at radius 3 is 2.62 bits per heavy atom. The molecular weight excluding hydrogens is 313 g/mol. The summed E-state index contributed by atoms with van der Waals surface area (Å²) in [6.45, 7) is 1.91. The van der Waals surface area contributed by atoms with Crippen LogP contribution in [0.1, 0.15) is 27.7 Å². The van der Waals surface area contributed by atoms with Gasteiger partial charge in [0.1, 0.15) is 11.5 Å². The fourth-order valence-electron chi connectivity index (χ4n) is 2.28. The molecular formula is C17H14FN3O3. The minimum absolute atomic E-state index is 0.0500. The number of nitrogens with two attached hydrogens (primary N) is 1. The monoisotopic (exact) mass is 327 g/mol. The third-order valence-corrected chi connectivity index (χ3v) is 3.48. The number of primary amides is 1. The summed E-state index contributed by atoms with van der Waals surface area (Å²) in [6, 6.07) is 8.67. The zero-order chi connectivity index (χ0) is 17.3. The van der Waals surface area contributed by atoms with E-state index in [9.17, 15) is 14.0 Å². The molecule has 3 aromatic rings. The molecule has 0 unspecified atom stereocenters. The van der Waals surface area contributed by atoms with Crippen molar-refractivity contribution in [3.8, 4) is 0 Å². The maximum Gasteiger partial charge on any atom is 0.359 e. The van der Waals surface area contributed by atoms with E-state index in [2.05, 4.69) is 4.98 Å².